The van der Waals surface area contributed by atoms with Crippen LogP contribution in [0.1, 0.15) is 144 Å². The monoisotopic (exact) mass is 1400 g/mol. The topological polar surface area (TPSA) is 330 Å². The van der Waals surface area contributed by atoms with Gasteiger partial charge in [-0.15, -0.1) is 11.3 Å². The number of primary amides is 1. The van der Waals surface area contributed by atoms with Crippen LogP contribution in [-0.4, -0.2) is 167 Å². The number of aromatic nitrogens is 2. The molecule has 8 amide bonds. The molecule has 2 aromatic heterocycles. The van der Waals surface area contributed by atoms with Crippen molar-refractivity contribution in [3.63, 3.8) is 0 Å². The molecule has 27 heteroatoms. The lowest BCUT2D eigenvalue weighted by Crippen LogP contribution is -2.61. The molecule has 10 N–H and O–H groups in total. The molecular formula is C73H80F2N11O12PS. The molecule has 8 atom stereocenters. The van der Waals surface area contributed by atoms with Crippen LogP contribution in [0.4, 0.5) is 8.78 Å². The second kappa shape index (κ2) is 31.4. The van der Waals surface area contributed by atoms with Crippen LogP contribution in [0, 0.1) is 18.8 Å². The molecule has 4 aliphatic heterocycles. The molecule has 0 radical (unpaired) electrons. The van der Waals surface area contributed by atoms with Crippen molar-refractivity contribution < 1.29 is 66.6 Å². The number of fused-ring (bicyclic) bond motifs is 2. The number of aliphatic hydroxyl groups is 1. The first-order valence-corrected chi connectivity index (χ1v) is 36.0. The maximum absolute atomic E-state index is 15.2. The third-order valence-electron chi connectivity index (χ3n) is 19.2. The van der Waals surface area contributed by atoms with Crippen LogP contribution in [-0.2, 0) is 39.0 Å². The van der Waals surface area contributed by atoms with Crippen LogP contribution in [0.2, 0.25) is 0 Å². The molecule has 6 heterocycles. The Kier molecular flexibility index (Phi) is 22.5. The zero-order valence-corrected chi connectivity index (χ0v) is 56.9. The van der Waals surface area contributed by atoms with Gasteiger partial charge in [0, 0.05) is 79.1 Å². The summed E-state index contributed by atoms with van der Waals surface area (Å²) in [6, 6.07) is 30.1. The standard InChI is InChI=1S/C73H80F2N11O12PS/c1-44(47-24-26-50(27-25-47)65-45(2)77-43-100-65)78-69(92)62-40-55(87)41-85(62)72(95)61-19-11-13-36-84(61)70(93)51-22-20-46(21-23-51)14-6-5-12-35-83-37-34-54-29-32-60(68(91)80-57(31-33-63(76)88)66(89)82-64(48-15-7-3-8-16-48)49-17-9-4-10-18-49)86(54)71(94)59(42-83)81-67(90)58-39-52-38-53(28-30-56(52)79-58)73(74,75)99(96,97)98/h3-4,7-10,15-18,20-28,30,38-39,43-44,54-55,57,59-62,64,79,87H,5,11-13,19,29,31-37,40-42H2,1-2H3,(H2,76,88)(H,78,92)(H,80,91)(H,81,90)(H,82,89)(H2,96,97,98)/t44-,54+,55+,57?,59-,60-,61?,62-/m0/s1. The van der Waals surface area contributed by atoms with Crippen LogP contribution in [0.5, 0.6) is 0 Å². The number of hydrogen-bond donors (Lipinski definition) is 9. The van der Waals surface area contributed by atoms with E-state index in [-0.39, 0.29) is 61.3 Å². The van der Waals surface area contributed by atoms with Crippen molar-refractivity contribution in [3.8, 4) is 22.3 Å². The van der Waals surface area contributed by atoms with Gasteiger partial charge < -0.3 is 66.5 Å². The molecule has 4 aliphatic rings. The highest BCUT2D eigenvalue weighted by molar-refractivity contribution is 7.52. The Hall–Kier alpha value is -9.48. The van der Waals surface area contributed by atoms with Gasteiger partial charge in [0.1, 0.15) is 35.9 Å². The first-order valence-electron chi connectivity index (χ1n) is 33.5. The van der Waals surface area contributed by atoms with Crippen LogP contribution >= 0.6 is 18.9 Å². The minimum absolute atomic E-state index is 0.0299. The normalized spacial score (nSPS) is 20.3. The lowest BCUT2D eigenvalue weighted by atomic mass is 9.98. The number of piperidine rings is 1. The SMILES string of the molecule is Cc1ncsc1-c1ccc([C@H](C)NC(=O)[C@@H]2C[C@@H](O)CN2C(=O)C2CCCCN2C(=O)c2ccc(C#CCCCN3CC[C@H]4CC[C@@H](C(=O)NC(CCC(N)=O)C(=O)NC(c5ccccc5)c5ccccc5)N4C(=O)[C@@H](NC(=O)c4cc5cc(C(F)(F)P(=O)(O)O)ccc5[nH]4)C3)cc2)cc1. The van der Waals surface area contributed by atoms with Crippen molar-refractivity contribution in [2.24, 2.45) is 5.73 Å². The van der Waals surface area contributed by atoms with Gasteiger partial charge in [0.05, 0.1) is 34.3 Å². The number of alkyl halides is 2. The molecule has 7 aromatic rings. The van der Waals surface area contributed by atoms with Crippen molar-refractivity contribution in [2.45, 2.75) is 145 Å². The van der Waals surface area contributed by atoms with Gasteiger partial charge in [-0.05, 0) is 136 Å². The summed E-state index contributed by atoms with van der Waals surface area (Å²) in [5.74, 6) is 1.82. The first kappa shape index (κ1) is 71.8. The highest BCUT2D eigenvalue weighted by Gasteiger charge is 2.51. The summed E-state index contributed by atoms with van der Waals surface area (Å²) < 4.78 is 41.4. The van der Waals surface area contributed by atoms with Crippen LogP contribution in [0.25, 0.3) is 21.3 Å². The minimum Gasteiger partial charge on any atom is -0.391 e. The van der Waals surface area contributed by atoms with Crippen LogP contribution in [0.3, 0.4) is 0 Å². The third-order valence-corrected chi connectivity index (χ3v) is 21.1. The van der Waals surface area contributed by atoms with Crippen molar-refractivity contribution >= 4 is 77.1 Å². The molecule has 0 bridgehead atoms. The molecule has 100 heavy (non-hydrogen) atoms. The average Bonchev–Trinajstić information content (AvgIpc) is 1.56. The summed E-state index contributed by atoms with van der Waals surface area (Å²) in [7, 11) is -5.93. The third kappa shape index (κ3) is 16.5. The summed E-state index contributed by atoms with van der Waals surface area (Å²) in [4.78, 5) is 147. The van der Waals surface area contributed by atoms with E-state index < -0.39 is 115 Å². The predicted molar refractivity (Wildman–Crippen MR) is 370 cm³/mol. The quantitative estimate of drug-likeness (QED) is 0.0183. The van der Waals surface area contributed by atoms with E-state index in [9.17, 15) is 61.8 Å². The molecular weight excluding hydrogens is 1320 g/mol. The summed E-state index contributed by atoms with van der Waals surface area (Å²) in [6.07, 6.45) is 2.39. The number of nitrogens with two attached hydrogens (primary N) is 1. The molecule has 2 unspecified atom stereocenters. The van der Waals surface area contributed by atoms with E-state index in [1.54, 1.807) is 46.0 Å². The number of likely N-dealkylation sites (tertiary alicyclic amines) is 2. The largest absolute Gasteiger partial charge is 0.399 e. The van der Waals surface area contributed by atoms with E-state index in [0.717, 1.165) is 51.0 Å². The van der Waals surface area contributed by atoms with E-state index in [1.807, 2.05) is 104 Å². The highest BCUT2D eigenvalue weighted by atomic mass is 32.1. The fourth-order valence-electron chi connectivity index (χ4n) is 13.8. The van der Waals surface area contributed by atoms with Crippen LogP contribution < -0.4 is 27.0 Å². The van der Waals surface area contributed by atoms with E-state index in [2.05, 4.69) is 43.1 Å². The number of benzene rings is 5. The number of nitrogens with zero attached hydrogens (tertiary/aromatic N) is 5. The Morgan fingerprint density at radius 2 is 1.49 bits per heavy atom. The second-order valence-corrected chi connectivity index (χ2v) is 28.5. The van der Waals surface area contributed by atoms with E-state index in [0.29, 0.717) is 75.7 Å². The fourth-order valence-corrected chi connectivity index (χ4v) is 15.1. The number of aromatic amines is 1. The van der Waals surface area contributed by atoms with Gasteiger partial charge in [0.25, 0.3) is 11.8 Å². The number of halogens is 2. The Bertz CT molecular complexity index is 4240. The molecule has 0 aliphatic carbocycles. The molecule has 4 fully saturated rings. The number of H-pyrrole nitrogens is 1. The molecule has 0 saturated carbocycles. The highest BCUT2D eigenvalue weighted by Crippen LogP contribution is 2.59. The van der Waals surface area contributed by atoms with Crippen molar-refractivity contribution in [2.75, 3.05) is 32.7 Å². The molecule has 0 spiro atoms. The van der Waals surface area contributed by atoms with Gasteiger partial charge in [-0.2, -0.15) is 8.78 Å². The van der Waals surface area contributed by atoms with Gasteiger partial charge in [-0.3, -0.25) is 42.9 Å². The summed E-state index contributed by atoms with van der Waals surface area (Å²) in [5, 5.41) is 22.6. The number of unbranched alkanes of at least 4 members (excludes halogenated alkanes) is 1. The fraction of sp³-hybridized carbons (Fsp3) is 0.384. The average molecular weight is 1400 g/mol. The maximum atomic E-state index is 15.2. The number of carbonyl (C=O) groups is 8. The second-order valence-electron chi connectivity index (χ2n) is 26.0. The number of carbonyl (C=O) groups excluding carboxylic acids is 8. The lowest BCUT2D eigenvalue weighted by molar-refractivity contribution is -0.144. The van der Waals surface area contributed by atoms with Crippen molar-refractivity contribution in [1.29, 1.82) is 0 Å². The lowest BCUT2D eigenvalue weighted by Gasteiger charge is -2.39. The van der Waals surface area contributed by atoms with Gasteiger partial charge in [-0.1, -0.05) is 103 Å². The maximum Gasteiger partial charge on any atom is 0.399 e. The zero-order valence-electron chi connectivity index (χ0n) is 55.2. The number of aliphatic hydroxyl groups excluding tert-OH is 1. The minimum atomic E-state index is -5.93. The zero-order chi connectivity index (χ0) is 71.0. The number of aryl methyl sites for hydroxylation is 1. The smallest absolute Gasteiger partial charge is 0.391 e. The van der Waals surface area contributed by atoms with E-state index in [4.69, 9.17) is 5.73 Å². The van der Waals surface area contributed by atoms with Crippen molar-refractivity contribution in [3.05, 3.63) is 184 Å². The van der Waals surface area contributed by atoms with Gasteiger partial charge in [-0.25, -0.2) is 4.98 Å². The molecule has 5 aromatic carbocycles. The Morgan fingerprint density at radius 1 is 0.790 bits per heavy atom. The summed E-state index contributed by atoms with van der Waals surface area (Å²) in [6.45, 7) is 4.87. The van der Waals surface area contributed by atoms with E-state index in [1.165, 1.54) is 15.9 Å². The number of rotatable bonds is 22. The van der Waals surface area contributed by atoms with Crippen molar-refractivity contribution in [1.82, 2.24) is 50.8 Å². The van der Waals surface area contributed by atoms with Gasteiger partial charge in [0.2, 0.25) is 35.4 Å². The van der Waals surface area contributed by atoms with Crippen LogP contribution in [0.15, 0.2) is 139 Å². The number of thiazole rings is 1. The summed E-state index contributed by atoms with van der Waals surface area (Å²) >= 11 is 1.55. The molecule has 11 rings (SSSR count). The number of amides is 8. The Labute approximate surface area is 580 Å². The summed E-state index contributed by atoms with van der Waals surface area (Å²) in [5.41, 5.74) is 7.19. The Balaban J connectivity index is 0.744. The van der Waals surface area contributed by atoms with Gasteiger partial charge >= 0.3 is 13.3 Å². The first-order chi connectivity index (χ1) is 47.9. The number of nitrogens with one attached hydrogen (secondary N) is 5. The predicted octanol–water partition coefficient (Wildman–Crippen LogP) is 7.31. The number of β-amino-alcohol motifs (C(OH)–C–C–N with tert-alkyl or cyclic N) is 1. The molecule has 23 nitrogen and oxygen atoms in total. The molecule has 4 saturated heterocycles. The van der Waals surface area contributed by atoms with Gasteiger partial charge in [0.15, 0.2) is 0 Å². The Morgan fingerprint density at radius 3 is 2.16 bits per heavy atom. The number of hydrogen-bond acceptors (Lipinski definition) is 13. The molecule has 524 valence electrons. The van der Waals surface area contributed by atoms with E-state index >= 15 is 4.79 Å².